The van der Waals surface area contributed by atoms with Gasteiger partial charge in [-0.05, 0) is 36.8 Å². The molecule has 0 fully saturated rings. The first-order valence-electron chi connectivity index (χ1n) is 7.13. The number of aliphatic hydroxyl groups is 1. The normalized spacial score (nSPS) is 12.3. The van der Waals surface area contributed by atoms with Gasteiger partial charge in [0.15, 0.2) is 0 Å². The molecule has 0 aliphatic carbocycles. The van der Waals surface area contributed by atoms with E-state index >= 15 is 0 Å². The monoisotopic (exact) mass is 331 g/mol. The van der Waals surface area contributed by atoms with Crippen molar-refractivity contribution in [3.63, 3.8) is 0 Å². The van der Waals surface area contributed by atoms with Gasteiger partial charge in [0, 0.05) is 11.9 Å². The average Bonchev–Trinajstić information content (AvgIpc) is 2.55. The van der Waals surface area contributed by atoms with E-state index in [1.54, 1.807) is 6.07 Å². The summed E-state index contributed by atoms with van der Waals surface area (Å²) >= 11 is 5.65. The van der Waals surface area contributed by atoms with Crippen molar-refractivity contribution in [1.82, 2.24) is 9.97 Å². The van der Waals surface area contributed by atoms with Gasteiger partial charge in [0.2, 0.25) is 0 Å². The largest absolute Gasteiger partial charge is 0.387 e. The van der Waals surface area contributed by atoms with Crippen LogP contribution in [0.4, 0.5) is 10.2 Å². The summed E-state index contributed by atoms with van der Waals surface area (Å²) in [4.78, 5) is 8.43. The third-order valence-electron chi connectivity index (χ3n) is 3.58. The summed E-state index contributed by atoms with van der Waals surface area (Å²) in [6.07, 6.45) is 0.588. The molecule has 3 aromatic rings. The number of rotatable bonds is 4. The summed E-state index contributed by atoms with van der Waals surface area (Å²) in [5.74, 6) is 0.0820. The molecule has 0 saturated carbocycles. The fourth-order valence-corrected chi connectivity index (χ4v) is 2.46. The number of fused-ring (bicyclic) bond motifs is 1. The minimum absolute atomic E-state index is 0.0335. The maximum absolute atomic E-state index is 13.5. The van der Waals surface area contributed by atoms with Crippen molar-refractivity contribution in [2.24, 2.45) is 0 Å². The molecule has 23 heavy (non-hydrogen) atoms. The van der Waals surface area contributed by atoms with Crippen LogP contribution in [0.2, 0.25) is 5.02 Å². The zero-order valence-corrected chi connectivity index (χ0v) is 13.2. The zero-order valence-electron chi connectivity index (χ0n) is 12.4. The smallest absolute Gasteiger partial charge is 0.142 e. The van der Waals surface area contributed by atoms with Crippen molar-refractivity contribution in [3.8, 4) is 0 Å². The topological polar surface area (TPSA) is 58.0 Å². The Bertz CT molecular complexity index is 856. The summed E-state index contributed by atoms with van der Waals surface area (Å²) in [7, 11) is 0. The number of nitrogens with one attached hydrogen (secondary N) is 1. The molecule has 3 rings (SSSR count). The molecule has 1 atom stereocenters. The van der Waals surface area contributed by atoms with Crippen LogP contribution in [0.3, 0.4) is 0 Å². The van der Waals surface area contributed by atoms with Gasteiger partial charge in [-0.15, -0.1) is 0 Å². The first-order chi connectivity index (χ1) is 11.0. The van der Waals surface area contributed by atoms with Gasteiger partial charge < -0.3 is 10.4 Å². The SMILES string of the molecule is Cc1ccc2ncnc(NCC(O)c3ccc(Cl)c(F)c3)c2c1. The summed E-state index contributed by atoms with van der Waals surface area (Å²) in [6.45, 7) is 2.18. The third kappa shape index (κ3) is 3.41. The van der Waals surface area contributed by atoms with Crippen LogP contribution in [-0.2, 0) is 0 Å². The fourth-order valence-electron chi connectivity index (χ4n) is 2.34. The number of aryl methyl sites for hydroxylation is 1. The lowest BCUT2D eigenvalue weighted by Crippen LogP contribution is -2.13. The fraction of sp³-hybridized carbons (Fsp3) is 0.176. The number of nitrogens with zero attached hydrogens (tertiary/aromatic N) is 2. The number of aromatic nitrogens is 2. The molecule has 1 heterocycles. The van der Waals surface area contributed by atoms with E-state index in [1.807, 2.05) is 25.1 Å². The zero-order chi connectivity index (χ0) is 16.4. The predicted octanol–water partition coefficient (Wildman–Crippen LogP) is 3.88. The highest BCUT2D eigenvalue weighted by molar-refractivity contribution is 6.30. The van der Waals surface area contributed by atoms with Crippen LogP contribution in [0.5, 0.6) is 0 Å². The second kappa shape index (κ2) is 6.48. The van der Waals surface area contributed by atoms with Gasteiger partial charge in [-0.3, -0.25) is 0 Å². The van der Waals surface area contributed by atoms with Crippen LogP contribution in [0, 0.1) is 12.7 Å². The molecule has 0 bridgehead atoms. The van der Waals surface area contributed by atoms with Crippen LogP contribution in [0.1, 0.15) is 17.2 Å². The van der Waals surface area contributed by atoms with Crippen molar-refractivity contribution >= 4 is 28.3 Å². The van der Waals surface area contributed by atoms with Gasteiger partial charge in [-0.2, -0.15) is 0 Å². The number of hydrogen-bond acceptors (Lipinski definition) is 4. The quantitative estimate of drug-likeness (QED) is 0.762. The highest BCUT2D eigenvalue weighted by Gasteiger charge is 2.11. The Balaban J connectivity index is 1.80. The Morgan fingerprint density at radius 2 is 2.04 bits per heavy atom. The molecule has 0 aliphatic heterocycles. The van der Waals surface area contributed by atoms with Gasteiger partial charge in [-0.1, -0.05) is 29.3 Å². The lowest BCUT2D eigenvalue weighted by Gasteiger charge is -2.14. The van der Waals surface area contributed by atoms with Crippen LogP contribution in [0.15, 0.2) is 42.7 Å². The summed E-state index contributed by atoms with van der Waals surface area (Å²) in [6, 6.07) is 10.1. The van der Waals surface area contributed by atoms with Crippen LogP contribution >= 0.6 is 11.6 Å². The van der Waals surface area contributed by atoms with Crippen LogP contribution < -0.4 is 5.32 Å². The van der Waals surface area contributed by atoms with E-state index in [-0.39, 0.29) is 11.6 Å². The van der Waals surface area contributed by atoms with Gasteiger partial charge in [0.05, 0.1) is 16.6 Å². The number of anilines is 1. The van der Waals surface area contributed by atoms with Crippen LogP contribution in [0.25, 0.3) is 10.9 Å². The second-order valence-electron chi connectivity index (χ2n) is 5.31. The molecular formula is C17H15ClFN3O. The minimum Gasteiger partial charge on any atom is -0.387 e. The minimum atomic E-state index is -0.878. The van der Waals surface area contributed by atoms with Gasteiger partial charge in [-0.25, -0.2) is 14.4 Å². The van der Waals surface area contributed by atoms with E-state index in [2.05, 4.69) is 15.3 Å². The molecular weight excluding hydrogens is 317 g/mol. The lowest BCUT2D eigenvalue weighted by atomic mass is 10.1. The Hall–Kier alpha value is -2.24. The molecule has 0 aliphatic rings. The van der Waals surface area contributed by atoms with E-state index in [0.717, 1.165) is 16.5 Å². The second-order valence-corrected chi connectivity index (χ2v) is 5.72. The number of aliphatic hydroxyl groups excluding tert-OH is 1. The van der Waals surface area contributed by atoms with Crippen molar-refractivity contribution in [1.29, 1.82) is 0 Å². The van der Waals surface area contributed by atoms with E-state index in [1.165, 1.54) is 18.5 Å². The highest BCUT2D eigenvalue weighted by Crippen LogP contribution is 2.23. The Kier molecular flexibility index (Phi) is 4.41. The average molecular weight is 332 g/mol. The summed E-state index contributed by atoms with van der Waals surface area (Å²) in [5, 5.41) is 14.2. The maximum Gasteiger partial charge on any atom is 0.142 e. The molecule has 0 amide bonds. The van der Waals surface area contributed by atoms with E-state index in [9.17, 15) is 9.50 Å². The lowest BCUT2D eigenvalue weighted by molar-refractivity contribution is 0.191. The molecule has 0 radical (unpaired) electrons. The maximum atomic E-state index is 13.5. The van der Waals surface area contributed by atoms with Gasteiger partial charge in [0.25, 0.3) is 0 Å². The number of halogens is 2. The van der Waals surface area contributed by atoms with Crippen molar-refractivity contribution in [3.05, 3.63) is 64.7 Å². The third-order valence-corrected chi connectivity index (χ3v) is 3.89. The van der Waals surface area contributed by atoms with E-state index < -0.39 is 11.9 Å². The number of hydrogen-bond donors (Lipinski definition) is 2. The van der Waals surface area contributed by atoms with Crippen molar-refractivity contribution < 1.29 is 9.50 Å². The molecule has 0 spiro atoms. The molecule has 1 aromatic heterocycles. The van der Waals surface area contributed by atoms with Gasteiger partial charge >= 0.3 is 0 Å². The van der Waals surface area contributed by atoms with Gasteiger partial charge in [0.1, 0.15) is 18.0 Å². The summed E-state index contributed by atoms with van der Waals surface area (Å²) in [5.41, 5.74) is 2.37. The molecule has 2 aromatic carbocycles. The van der Waals surface area contributed by atoms with E-state index in [0.29, 0.717) is 11.4 Å². The Labute approximate surface area is 138 Å². The highest BCUT2D eigenvalue weighted by atomic mass is 35.5. The molecule has 2 N–H and O–H groups in total. The van der Waals surface area contributed by atoms with Crippen molar-refractivity contribution in [2.75, 3.05) is 11.9 Å². The standard InChI is InChI=1S/C17H15ClFN3O/c1-10-2-5-15-12(6-10)17(22-9-21-15)20-8-16(23)11-3-4-13(18)14(19)7-11/h2-7,9,16,23H,8H2,1H3,(H,20,21,22). The Morgan fingerprint density at radius 1 is 1.22 bits per heavy atom. The van der Waals surface area contributed by atoms with Crippen molar-refractivity contribution in [2.45, 2.75) is 13.0 Å². The predicted molar refractivity (Wildman–Crippen MR) is 89.1 cm³/mol. The molecule has 118 valence electrons. The molecule has 6 heteroatoms. The summed E-state index contributed by atoms with van der Waals surface area (Å²) < 4.78 is 13.5. The molecule has 0 saturated heterocycles. The first kappa shape index (κ1) is 15.6. The van der Waals surface area contributed by atoms with Crippen LogP contribution in [-0.4, -0.2) is 21.6 Å². The molecule has 1 unspecified atom stereocenters. The Morgan fingerprint density at radius 3 is 2.83 bits per heavy atom. The number of benzene rings is 2. The van der Waals surface area contributed by atoms with E-state index in [4.69, 9.17) is 11.6 Å². The molecule has 4 nitrogen and oxygen atoms in total. The first-order valence-corrected chi connectivity index (χ1v) is 7.50.